The summed E-state index contributed by atoms with van der Waals surface area (Å²) < 4.78 is 55.8. The minimum absolute atomic E-state index is 0.616. The van der Waals surface area contributed by atoms with E-state index in [2.05, 4.69) is 0 Å². The van der Waals surface area contributed by atoms with Gasteiger partial charge in [0.2, 0.25) is 0 Å². The smallest absolute Gasteiger partial charge is 0.240 e. The fourth-order valence-electron chi connectivity index (χ4n) is 0.119. The minimum atomic E-state index is -4.86. The van der Waals surface area contributed by atoms with E-state index in [1.807, 2.05) is 0 Å². The first-order valence-electron chi connectivity index (χ1n) is 2.29. The molecule has 0 spiro atoms. The van der Waals surface area contributed by atoms with Crippen LogP contribution in [0.5, 0.6) is 0 Å². The van der Waals surface area contributed by atoms with Gasteiger partial charge < -0.3 is 0 Å². The summed E-state index contributed by atoms with van der Waals surface area (Å²) in [6.07, 6.45) is 0. The Labute approximate surface area is 64.6 Å². The van der Waals surface area contributed by atoms with Crippen molar-refractivity contribution in [3.8, 4) is 0 Å². The highest BCUT2D eigenvalue weighted by molar-refractivity contribution is 7.92. The molecule has 0 radical (unpaired) electrons. The van der Waals surface area contributed by atoms with Gasteiger partial charge in [0.05, 0.1) is 0 Å². The summed E-state index contributed by atoms with van der Waals surface area (Å²) in [6.45, 7) is 0. The molecule has 0 atom stereocenters. The molecule has 0 aliphatic heterocycles. The predicted molar refractivity (Wildman–Crippen MR) is 35.2 cm³/mol. The second-order valence-corrected chi connectivity index (χ2v) is 6.00. The molecule has 9 heteroatoms. The quantitative estimate of drug-likeness (QED) is 0.428. The zero-order valence-electron chi connectivity index (χ0n) is 5.79. The lowest BCUT2D eigenvalue weighted by molar-refractivity contribution is -0.632. The molecule has 0 fully saturated rings. The van der Waals surface area contributed by atoms with E-state index in [0.717, 1.165) is 0 Å². The van der Waals surface area contributed by atoms with Crippen molar-refractivity contribution >= 4 is 20.6 Å². The number of rotatable bonds is 2. The fraction of sp³-hybridized carbons (Fsp3) is 1.00. The molecule has 0 saturated heterocycles. The Morgan fingerprint density at radius 2 is 1.09 bits per heavy atom. The van der Waals surface area contributed by atoms with Crippen LogP contribution in [-0.2, 0) is 20.6 Å². The highest BCUT2D eigenvalue weighted by Crippen LogP contribution is 2.10. The Morgan fingerprint density at radius 3 is 1.09 bits per heavy atom. The number of quaternary nitrogens is 1. The molecule has 0 unspecified atom stereocenters. The fourth-order valence-corrected chi connectivity index (χ4v) is 1.07. The van der Waals surface area contributed by atoms with Crippen LogP contribution in [0.1, 0.15) is 0 Å². The molecule has 68 valence electrons. The molecule has 7 nitrogen and oxygen atoms in total. The standard InChI is InChI=1S/C2H7NO6S2/c1-3(2,10(4,5)6)11(7,8)9/h1-2H3,(H-,4,5,6,7,8,9)/p+1. The van der Waals surface area contributed by atoms with Crippen LogP contribution in [0.2, 0.25) is 0 Å². The van der Waals surface area contributed by atoms with Crippen molar-refractivity contribution in [1.82, 2.24) is 0 Å². The van der Waals surface area contributed by atoms with Gasteiger partial charge in [0, 0.05) is 0 Å². The minimum Gasteiger partial charge on any atom is -0.240 e. The maximum Gasteiger partial charge on any atom is 0.449 e. The summed E-state index contributed by atoms with van der Waals surface area (Å²) in [6, 6.07) is 0. The monoisotopic (exact) mass is 206 g/mol. The Kier molecular flexibility index (Phi) is 2.34. The van der Waals surface area contributed by atoms with E-state index < -0.39 is 23.9 Å². The van der Waals surface area contributed by atoms with Crippen LogP contribution in [0.3, 0.4) is 0 Å². The van der Waals surface area contributed by atoms with Crippen LogP contribution < -0.4 is 0 Å². The SMILES string of the molecule is C[N+](C)(S(=O)(=O)O)S(=O)(=O)O. The third-order valence-electron chi connectivity index (χ3n) is 1.11. The van der Waals surface area contributed by atoms with Crippen molar-refractivity contribution in [3.05, 3.63) is 0 Å². The Balaban J connectivity index is 5.45. The summed E-state index contributed by atoms with van der Waals surface area (Å²) in [7, 11) is -8.49. The molecule has 0 aliphatic rings. The van der Waals surface area contributed by atoms with Gasteiger partial charge in [0.1, 0.15) is 14.1 Å². The predicted octanol–water partition coefficient (Wildman–Crippen LogP) is -1.33. The summed E-state index contributed by atoms with van der Waals surface area (Å²) in [5.41, 5.74) is 0. The van der Waals surface area contributed by atoms with Crippen LogP contribution in [0, 0.1) is 0 Å². The lowest BCUT2D eigenvalue weighted by Crippen LogP contribution is -2.49. The van der Waals surface area contributed by atoms with Crippen molar-refractivity contribution < 1.29 is 29.2 Å². The van der Waals surface area contributed by atoms with Crippen molar-refractivity contribution in [2.24, 2.45) is 0 Å². The zero-order valence-corrected chi connectivity index (χ0v) is 7.42. The second-order valence-electron chi connectivity index (χ2n) is 2.15. The molecule has 0 bridgehead atoms. The summed E-state index contributed by atoms with van der Waals surface area (Å²) in [5, 5.41) is 0. The molecule has 0 heterocycles. The van der Waals surface area contributed by atoms with E-state index >= 15 is 0 Å². The number of nitrogens with zero attached hydrogens (tertiary/aromatic N) is 1. The molecule has 0 rings (SSSR count). The van der Waals surface area contributed by atoms with E-state index in [1.54, 1.807) is 0 Å². The van der Waals surface area contributed by atoms with Crippen molar-refractivity contribution in [1.29, 1.82) is 0 Å². The largest absolute Gasteiger partial charge is 0.449 e. The van der Waals surface area contributed by atoms with Gasteiger partial charge in [-0.1, -0.05) is 3.29 Å². The molecule has 0 saturated carbocycles. The molecule has 0 aliphatic carbocycles. The van der Waals surface area contributed by atoms with Gasteiger partial charge in [-0.15, -0.1) is 16.8 Å². The van der Waals surface area contributed by atoms with Crippen LogP contribution in [0.15, 0.2) is 0 Å². The van der Waals surface area contributed by atoms with Gasteiger partial charge in [-0.2, -0.15) is 0 Å². The summed E-state index contributed by atoms with van der Waals surface area (Å²) in [4.78, 5) is 0. The van der Waals surface area contributed by atoms with Crippen LogP contribution in [0.25, 0.3) is 0 Å². The first-order chi connectivity index (χ1) is 4.50. The van der Waals surface area contributed by atoms with E-state index in [9.17, 15) is 16.8 Å². The van der Waals surface area contributed by atoms with Crippen molar-refractivity contribution in [2.45, 2.75) is 0 Å². The molecule has 0 aromatic carbocycles. The van der Waals surface area contributed by atoms with E-state index in [1.165, 1.54) is 0 Å². The van der Waals surface area contributed by atoms with Crippen molar-refractivity contribution in [3.63, 3.8) is 0 Å². The van der Waals surface area contributed by atoms with E-state index in [0.29, 0.717) is 14.1 Å². The van der Waals surface area contributed by atoms with Crippen LogP contribution in [-0.4, -0.2) is 43.3 Å². The van der Waals surface area contributed by atoms with E-state index in [4.69, 9.17) is 9.11 Å². The first-order valence-corrected chi connectivity index (χ1v) is 5.09. The van der Waals surface area contributed by atoms with Crippen LogP contribution >= 0.6 is 0 Å². The summed E-state index contributed by atoms with van der Waals surface area (Å²) in [5.74, 6) is 0. The normalized spacial score (nSPS) is 14.9. The molecule has 0 aromatic rings. The molecule has 2 N–H and O–H groups in total. The molecule has 0 amide bonds. The van der Waals surface area contributed by atoms with Crippen molar-refractivity contribution in [2.75, 3.05) is 14.1 Å². The van der Waals surface area contributed by atoms with Gasteiger partial charge >= 0.3 is 20.6 Å². The second kappa shape index (κ2) is 2.38. The van der Waals surface area contributed by atoms with Gasteiger partial charge in [-0.05, 0) is 0 Å². The average molecular weight is 206 g/mol. The van der Waals surface area contributed by atoms with Gasteiger partial charge in [-0.3, -0.25) is 0 Å². The number of hydrogen-bond donors (Lipinski definition) is 2. The Bertz CT molecular complexity index is 301. The van der Waals surface area contributed by atoms with Gasteiger partial charge in [0.15, 0.2) is 0 Å². The van der Waals surface area contributed by atoms with Gasteiger partial charge in [-0.25, -0.2) is 9.11 Å². The Hall–Kier alpha value is -0.220. The maximum absolute atomic E-state index is 10.3. The molecule has 0 aromatic heterocycles. The molecule has 11 heavy (non-hydrogen) atoms. The highest BCUT2D eigenvalue weighted by Gasteiger charge is 2.43. The van der Waals surface area contributed by atoms with E-state index in [-0.39, 0.29) is 0 Å². The lowest BCUT2D eigenvalue weighted by Gasteiger charge is -2.18. The molecular weight excluding hydrogens is 198 g/mol. The third kappa shape index (κ3) is 1.87. The van der Waals surface area contributed by atoms with Crippen LogP contribution in [0.4, 0.5) is 0 Å². The Morgan fingerprint density at radius 1 is 0.909 bits per heavy atom. The highest BCUT2D eigenvalue weighted by atomic mass is 32.3. The zero-order chi connectivity index (χ0) is 9.50. The van der Waals surface area contributed by atoms with Gasteiger partial charge in [0.25, 0.3) is 0 Å². The molecular formula is C2H8NO6S2+. The topological polar surface area (TPSA) is 109 Å². The number of hydrogen-bond acceptors (Lipinski definition) is 4. The maximum atomic E-state index is 10.3. The lowest BCUT2D eigenvalue weighted by atomic mass is 11.3. The summed E-state index contributed by atoms with van der Waals surface area (Å²) >= 11 is 0. The third-order valence-corrected chi connectivity index (χ3v) is 4.46. The first kappa shape index (κ1) is 10.8. The average Bonchev–Trinajstić information content (AvgIpc) is 1.58.